The van der Waals surface area contributed by atoms with Gasteiger partial charge in [0.05, 0.1) is 23.9 Å². The minimum atomic E-state index is -0.201. The van der Waals surface area contributed by atoms with Crippen LogP contribution in [-0.4, -0.2) is 18.0 Å². The molecule has 4 nitrogen and oxygen atoms in total. The van der Waals surface area contributed by atoms with Crippen molar-refractivity contribution in [3.63, 3.8) is 0 Å². The third kappa shape index (κ3) is 2.80. The second-order valence-corrected chi connectivity index (χ2v) is 5.54. The lowest BCUT2D eigenvalue weighted by Crippen LogP contribution is -2.13. The molecular formula is C17H13BrN2O2. The smallest absolute Gasteiger partial charge is 0.256 e. The number of methoxy groups -OCH3 is 1. The zero-order chi connectivity index (χ0) is 15.5. The number of fused-ring (bicyclic) bond motifs is 1. The average Bonchev–Trinajstić information content (AvgIpc) is 2.55. The van der Waals surface area contributed by atoms with E-state index in [4.69, 9.17) is 4.74 Å². The summed E-state index contributed by atoms with van der Waals surface area (Å²) >= 11 is 3.39. The fourth-order valence-corrected chi connectivity index (χ4v) is 2.68. The number of nitrogens with one attached hydrogen (secondary N) is 1. The Labute approximate surface area is 136 Å². The number of carbonyl (C=O) groups is 1. The van der Waals surface area contributed by atoms with E-state index in [1.165, 1.54) is 0 Å². The number of amides is 1. The summed E-state index contributed by atoms with van der Waals surface area (Å²) in [5.74, 6) is 0.468. The molecule has 0 bridgehead atoms. The van der Waals surface area contributed by atoms with Crippen molar-refractivity contribution in [3.8, 4) is 5.75 Å². The highest BCUT2D eigenvalue weighted by Gasteiger charge is 2.13. The largest absolute Gasteiger partial charge is 0.497 e. The first-order valence-electron chi connectivity index (χ1n) is 6.67. The van der Waals surface area contributed by atoms with Crippen LogP contribution in [0.5, 0.6) is 5.75 Å². The molecule has 0 unspecified atom stereocenters. The maximum atomic E-state index is 12.5. The highest BCUT2D eigenvalue weighted by atomic mass is 79.9. The molecule has 0 spiro atoms. The number of hydrogen-bond donors (Lipinski definition) is 1. The van der Waals surface area contributed by atoms with Gasteiger partial charge in [0.25, 0.3) is 5.91 Å². The lowest BCUT2D eigenvalue weighted by atomic mass is 10.1. The van der Waals surface area contributed by atoms with Crippen molar-refractivity contribution < 1.29 is 9.53 Å². The summed E-state index contributed by atoms with van der Waals surface area (Å²) in [6.45, 7) is 0. The van der Waals surface area contributed by atoms with E-state index in [-0.39, 0.29) is 5.91 Å². The maximum absolute atomic E-state index is 12.5. The van der Waals surface area contributed by atoms with Gasteiger partial charge in [-0.15, -0.1) is 0 Å². The van der Waals surface area contributed by atoms with Crippen molar-refractivity contribution in [2.45, 2.75) is 0 Å². The second-order valence-electron chi connectivity index (χ2n) is 4.68. The first-order valence-corrected chi connectivity index (χ1v) is 7.47. The third-order valence-electron chi connectivity index (χ3n) is 3.28. The van der Waals surface area contributed by atoms with Gasteiger partial charge in [-0.25, -0.2) is 0 Å². The Hall–Kier alpha value is -2.40. The molecule has 3 aromatic rings. The van der Waals surface area contributed by atoms with E-state index in [0.717, 1.165) is 15.4 Å². The van der Waals surface area contributed by atoms with Crippen molar-refractivity contribution in [2.75, 3.05) is 12.4 Å². The van der Waals surface area contributed by atoms with Crippen molar-refractivity contribution in [1.29, 1.82) is 0 Å². The number of pyridine rings is 1. The van der Waals surface area contributed by atoms with Crippen LogP contribution in [0.2, 0.25) is 0 Å². The van der Waals surface area contributed by atoms with Gasteiger partial charge in [-0.2, -0.15) is 0 Å². The Morgan fingerprint density at radius 2 is 2.00 bits per heavy atom. The monoisotopic (exact) mass is 356 g/mol. The molecule has 22 heavy (non-hydrogen) atoms. The molecule has 1 aromatic heterocycles. The molecule has 0 aliphatic carbocycles. The van der Waals surface area contributed by atoms with E-state index < -0.39 is 0 Å². The summed E-state index contributed by atoms with van der Waals surface area (Å²) < 4.78 is 6.03. The van der Waals surface area contributed by atoms with E-state index >= 15 is 0 Å². The van der Waals surface area contributed by atoms with Gasteiger partial charge < -0.3 is 10.1 Å². The highest BCUT2D eigenvalue weighted by Crippen LogP contribution is 2.28. The Bertz CT molecular complexity index is 849. The summed E-state index contributed by atoms with van der Waals surface area (Å²) in [7, 11) is 1.59. The van der Waals surface area contributed by atoms with Crippen molar-refractivity contribution in [2.24, 2.45) is 0 Å². The van der Waals surface area contributed by atoms with E-state index in [1.54, 1.807) is 25.4 Å². The number of nitrogens with zero attached hydrogens (tertiary/aromatic N) is 1. The van der Waals surface area contributed by atoms with Crippen LogP contribution in [0, 0.1) is 0 Å². The van der Waals surface area contributed by atoms with Gasteiger partial charge in [0.2, 0.25) is 0 Å². The van der Waals surface area contributed by atoms with Gasteiger partial charge in [-0.05, 0) is 40.2 Å². The first kappa shape index (κ1) is 14.5. The summed E-state index contributed by atoms with van der Waals surface area (Å²) in [5.41, 5.74) is 1.91. The van der Waals surface area contributed by atoms with Crippen molar-refractivity contribution in [1.82, 2.24) is 4.98 Å². The molecule has 1 N–H and O–H groups in total. The van der Waals surface area contributed by atoms with Crippen LogP contribution >= 0.6 is 15.9 Å². The van der Waals surface area contributed by atoms with Gasteiger partial charge in [-0.1, -0.05) is 18.2 Å². The lowest BCUT2D eigenvalue weighted by molar-refractivity contribution is 0.102. The predicted octanol–water partition coefficient (Wildman–Crippen LogP) is 4.26. The van der Waals surface area contributed by atoms with Crippen molar-refractivity contribution >= 4 is 38.4 Å². The zero-order valence-electron chi connectivity index (χ0n) is 11.8. The SMILES string of the molecule is COc1cc(NC(=O)c2ccccc2Br)c2ncccc2c1. The molecule has 0 aliphatic heterocycles. The molecule has 0 saturated heterocycles. The van der Waals surface area contributed by atoms with Crippen LogP contribution < -0.4 is 10.1 Å². The molecule has 1 amide bonds. The summed E-state index contributed by atoms with van der Waals surface area (Å²) in [6.07, 6.45) is 1.70. The number of carbonyl (C=O) groups excluding carboxylic acids is 1. The summed E-state index contributed by atoms with van der Waals surface area (Å²) in [5, 5.41) is 3.81. The quantitative estimate of drug-likeness (QED) is 0.762. The fraction of sp³-hybridized carbons (Fsp3) is 0.0588. The van der Waals surface area contributed by atoms with Crippen molar-refractivity contribution in [3.05, 3.63) is 64.8 Å². The molecule has 0 atom stereocenters. The van der Waals surface area contributed by atoms with Gasteiger partial charge in [0.1, 0.15) is 5.75 Å². The molecule has 2 aromatic carbocycles. The minimum absolute atomic E-state index is 0.201. The molecule has 3 rings (SSSR count). The molecular weight excluding hydrogens is 344 g/mol. The molecule has 5 heteroatoms. The number of hydrogen-bond acceptors (Lipinski definition) is 3. The Balaban J connectivity index is 2.03. The van der Waals surface area contributed by atoms with Crippen LogP contribution in [0.25, 0.3) is 10.9 Å². The molecule has 110 valence electrons. The maximum Gasteiger partial charge on any atom is 0.256 e. The Morgan fingerprint density at radius 1 is 1.18 bits per heavy atom. The van der Waals surface area contributed by atoms with Crippen LogP contribution in [0.15, 0.2) is 59.2 Å². The number of rotatable bonds is 3. The van der Waals surface area contributed by atoms with Crippen LogP contribution in [0.4, 0.5) is 5.69 Å². The molecule has 1 heterocycles. The lowest BCUT2D eigenvalue weighted by Gasteiger charge is -2.11. The molecule has 0 saturated carbocycles. The summed E-state index contributed by atoms with van der Waals surface area (Å²) in [4.78, 5) is 16.8. The Kier molecular flexibility index (Phi) is 4.06. The topological polar surface area (TPSA) is 51.2 Å². The van der Waals surface area contributed by atoms with Gasteiger partial charge in [-0.3, -0.25) is 9.78 Å². The van der Waals surface area contributed by atoms with E-state index in [0.29, 0.717) is 17.0 Å². The van der Waals surface area contributed by atoms with Crippen LogP contribution in [0.1, 0.15) is 10.4 Å². The molecule has 0 fully saturated rings. The van der Waals surface area contributed by atoms with Gasteiger partial charge >= 0.3 is 0 Å². The van der Waals surface area contributed by atoms with Crippen LogP contribution in [0.3, 0.4) is 0 Å². The first-order chi connectivity index (χ1) is 10.7. The third-order valence-corrected chi connectivity index (χ3v) is 3.97. The predicted molar refractivity (Wildman–Crippen MR) is 90.4 cm³/mol. The second kappa shape index (κ2) is 6.15. The average molecular weight is 357 g/mol. The number of aromatic nitrogens is 1. The Morgan fingerprint density at radius 3 is 2.77 bits per heavy atom. The standard InChI is InChI=1S/C17H13BrN2O2/c1-22-12-9-11-5-4-8-19-16(11)15(10-12)20-17(21)13-6-2-3-7-14(13)18/h2-10H,1H3,(H,20,21). The van der Waals surface area contributed by atoms with Gasteiger partial charge in [0.15, 0.2) is 0 Å². The number of ether oxygens (including phenoxy) is 1. The van der Waals surface area contributed by atoms with E-state index in [9.17, 15) is 4.79 Å². The molecule has 0 aliphatic rings. The summed E-state index contributed by atoms with van der Waals surface area (Å²) in [6, 6.07) is 14.7. The van der Waals surface area contributed by atoms with Gasteiger partial charge in [0, 0.05) is 22.1 Å². The fourth-order valence-electron chi connectivity index (χ4n) is 2.21. The molecule has 0 radical (unpaired) electrons. The number of halogens is 1. The normalized spacial score (nSPS) is 10.5. The number of anilines is 1. The number of benzene rings is 2. The highest BCUT2D eigenvalue weighted by molar-refractivity contribution is 9.10. The van der Waals surface area contributed by atoms with E-state index in [1.807, 2.05) is 36.4 Å². The van der Waals surface area contributed by atoms with Crippen LogP contribution in [-0.2, 0) is 0 Å². The zero-order valence-corrected chi connectivity index (χ0v) is 13.4. The van der Waals surface area contributed by atoms with E-state index in [2.05, 4.69) is 26.2 Å². The minimum Gasteiger partial charge on any atom is -0.497 e.